The molecule has 1 heterocycles. The Morgan fingerprint density at radius 1 is 1.18 bits per heavy atom. The SMILES string of the molecule is CN(C)C1CC2(C1)CN(c1ccc(N)cc1)C2. The minimum atomic E-state index is 0.621. The lowest BCUT2D eigenvalue weighted by molar-refractivity contribution is 0.00135. The molecule has 0 atom stereocenters. The van der Waals surface area contributed by atoms with E-state index in [4.69, 9.17) is 5.73 Å². The van der Waals surface area contributed by atoms with E-state index in [1.165, 1.54) is 31.6 Å². The molecular weight excluding hydrogens is 210 g/mol. The number of nitrogens with two attached hydrogens (primary N) is 1. The zero-order chi connectivity index (χ0) is 12.0. The standard InChI is InChI=1S/C14H21N3/c1-16(2)13-7-14(8-13)9-17(10-14)12-5-3-11(15)4-6-12/h3-6,13H,7-10,15H2,1-2H3. The van der Waals surface area contributed by atoms with Gasteiger partial charge in [0.15, 0.2) is 0 Å². The van der Waals surface area contributed by atoms with Crippen LogP contribution in [0, 0.1) is 5.41 Å². The van der Waals surface area contributed by atoms with Gasteiger partial charge < -0.3 is 15.5 Å². The van der Waals surface area contributed by atoms with Crippen LogP contribution in [0.15, 0.2) is 24.3 Å². The van der Waals surface area contributed by atoms with Crippen LogP contribution >= 0.6 is 0 Å². The number of rotatable bonds is 2. The van der Waals surface area contributed by atoms with Crippen LogP contribution in [0.2, 0.25) is 0 Å². The molecule has 2 aliphatic rings. The molecule has 3 rings (SSSR count). The minimum absolute atomic E-state index is 0.621. The maximum absolute atomic E-state index is 5.70. The molecule has 1 saturated carbocycles. The summed E-state index contributed by atoms with van der Waals surface area (Å²) in [6, 6.07) is 9.05. The summed E-state index contributed by atoms with van der Waals surface area (Å²) >= 11 is 0. The van der Waals surface area contributed by atoms with Gasteiger partial charge in [0.25, 0.3) is 0 Å². The summed E-state index contributed by atoms with van der Waals surface area (Å²) in [6.07, 6.45) is 2.73. The van der Waals surface area contributed by atoms with E-state index in [1.54, 1.807) is 0 Å². The van der Waals surface area contributed by atoms with Crippen molar-refractivity contribution in [1.82, 2.24) is 4.90 Å². The van der Waals surface area contributed by atoms with Crippen LogP contribution in [0.4, 0.5) is 11.4 Å². The van der Waals surface area contributed by atoms with Gasteiger partial charge in [-0.2, -0.15) is 0 Å². The zero-order valence-electron chi connectivity index (χ0n) is 10.7. The number of anilines is 2. The van der Waals surface area contributed by atoms with Crippen molar-refractivity contribution in [2.45, 2.75) is 18.9 Å². The summed E-state index contributed by atoms with van der Waals surface area (Å²) in [5.74, 6) is 0. The summed E-state index contributed by atoms with van der Waals surface area (Å²) in [7, 11) is 4.38. The average molecular weight is 231 g/mol. The van der Waals surface area contributed by atoms with Crippen molar-refractivity contribution in [3.8, 4) is 0 Å². The van der Waals surface area contributed by atoms with E-state index in [1.807, 2.05) is 12.1 Å². The summed E-state index contributed by atoms with van der Waals surface area (Å²) in [5.41, 5.74) is 8.49. The summed E-state index contributed by atoms with van der Waals surface area (Å²) in [5, 5.41) is 0. The van der Waals surface area contributed by atoms with Gasteiger partial charge in [-0.15, -0.1) is 0 Å². The Kier molecular flexibility index (Phi) is 2.33. The largest absolute Gasteiger partial charge is 0.399 e. The number of hydrogen-bond donors (Lipinski definition) is 1. The van der Waals surface area contributed by atoms with Crippen molar-refractivity contribution in [1.29, 1.82) is 0 Å². The second-order valence-corrected chi connectivity index (χ2v) is 5.97. The highest BCUT2D eigenvalue weighted by Gasteiger charge is 2.52. The Balaban J connectivity index is 1.57. The molecule has 2 N–H and O–H groups in total. The Hall–Kier alpha value is -1.22. The fourth-order valence-electron chi connectivity index (χ4n) is 3.19. The van der Waals surface area contributed by atoms with E-state index in [2.05, 4.69) is 36.0 Å². The molecule has 0 aromatic heterocycles. The van der Waals surface area contributed by atoms with Gasteiger partial charge >= 0.3 is 0 Å². The highest BCUT2D eigenvalue weighted by molar-refractivity contribution is 5.55. The molecule has 1 aliphatic heterocycles. The average Bonchev–Trinajstić information content (AvgIpc) is 2.15. The van der Waals surface area contributed by atoms with Gasteiger partial charge in [-0.1, -0.05) is 0 Å². The van der Waals surface area contributed by atoms with Crippen LogP contribution in [0.5, 0.6) is 0 Å². The molecule has 3 heteroatoms. The second kappa shape index (κ2) is 3.64. The third-order valence-corrected chi connectivity index (χ3v) is 4.38. The second-order valence-electron chi connectivity index (χ2n) is 5.97. The molecule has 1 aliphatic carbocycles. The number of nitrogens with zero attached hydrogens (tertiary/aromatic N) is 2. The van der Waals surface area contributed by atoms with Crippen molar-refractivity contribution in [3.63, 3.8) is 0 Å². The van der Waals surface area contributed by atoms with Gasteiger partial charge in [0.1, 0.15) is 0 Å². The molecule has 0 amide bonds. The molecule has 1 aromatic carbocycles. The molecule has 0 radical (unpaired) electrons. The first-order chi connectivity index (χ1) is 8.08. The summed E-state index contributed by atoms with van der Waals surface area (Å²) in [6.45, 7) is 2.45. The molecule has 0 unspecified atom stereocenters. The Labute approximate surface area is 103 Å². The van der Waals surface area contributed by atoms with Crippen molar-refractivity contribution in [2.24, 2.45) is 5.41 Å². The maximum Gasteiger partial charge on any atom is 0.0368 e. The molecule has 2 fully saturated rings. The van der Waals surface area contributed by atoms with E-state index in [0.29, 0.717) is 5.41 Å². The third-order valence-electron chi connectivity index (χ3n) is 4.38. The summed E-state index contributed by atoms with van der Waals surface area (Å²) < 4.78 is 0. The Morgan fingerprint density at radius 3 is 2.29 bits per heavy atom. The van der Waals surface area contributed by atoms with Crippen LogP contribution in [0.3, 0.4) is 0 Å². The lowest BCUT2D eigenvalue weighted by Gasteiger charge is -2.61. The maximum atomic E-state index is 5.70. The highest BCUT2D eigenvalue weighted by atomic mass is 15.2. The van der Waals surface area contributed by atoms with E-state index >= 15 is 0 Å². The van der Waals surface area contributed by atoms with Crippen molar-refractivity contribution in [3.05, 3.63) is 24.3 Å². The van der Waals surface area contributed by atoms with Gasteiger partial charge in [-0.05, 0) is 51.2 Å². The topological polar surface area (TPSA) is 32.5 Å². The number of benzene rings is 1. The van der Waals surface area contributed by atoms with Gasteiger partial charge in [-0.3, -0.25) is 0 Å². The van der Waals surface area contributed by atoms with Crippen molar-refractivity contribution >= 4 is 11.4 Å². The summed E-state index contributed by atoms with van der Waals surface area (Å²) in [4.78, 5) is 4.82. The third kappa shape index (κ3) is 1.78. The van der Waals surface area contributed by atoms with Crippen LogP contribution in [-0.4, -0.2) is 38.1 Å². The number of nitrogen functional groups attached to an aromatic ring is 1. The van der Waals surface area contributed by atoms with Crippen LogP contribution in [-0.2, 0) is 0 Å². The molecule has 17 heavy (non-hydrogen) atoms. The van der Waals surface area contributed by atoms with Gasteiger partial charge in [-0.25, -0.2) is 0 Å². The fraction of sp³-hybridized carbons (Fsp3) is 0.571. The molecular formula is C14H21N3. The molecule has 1 spiro atoms. The molecule has 92 valence electrons. The first-order valence-corrected chi connectivity index (χ1v) is 6.35. The zero-order valence-corrected chi connectivity index (χ0v) is 10.7. The minimum Gasteiger partial charge on any atom is -0.399 e. The normalized spacial score (nSPS) is 22.6. The van der Waals surface area contributed by atoms with Gasteiger partial charge in [0, 0.05) is 35.9 Å². The molecule has 0 bridgehead atoms. The van der Waals surface area contributed by atoms with Gasteiger partial charge in [0.05, 0.1) is 0 Å². The quantitative estimate of drug-likeness (QED) is 0.788. The predicted molar refractivity (Wildman–Crippen MR) is 72.2 cm³/mol. The lowest BCUT2D eigenvalue weighted by atomic mass is 9.60. The molecule has 1 aromatic rings. The monoisotopic (exact) mass is 231 g/mol. The molecule has 3 nitrogen and oxygen atoms in total. The van der Waals surface area contributed by atoms with E-state index < -0.39 is 0 Å². The first-order valence-electron chi connectivity index (χ1n) is 6.35. The van der Waals surface area contributed by atoms with E-state index in [-0.39, 0.29) is 0 Å². The van der Waals surface area contributed by atoms with E-state index in [0.717, 1.165) is 11.7 Å². The number of hydrogen-bond acceptors (Lipinski definition) is 3. The van der Waals surface area contributed by atoms with Crippen LogP contribution in [0.25, 0.3) is 0 Å². The van der Waals surface area contributed by atoms with Crippen molar-refractivity contribution in [2.75, 3.05) is 37.8 Å². The van der Waals surface area contributed by atoms with E-state index in [9.17, 15) is 0 Å². The van der Waals surface area contributed by atoms with Crippen molar-refractivity contribution < 1.29 is 0 Å². The predicted octanol–water partition coefficient (Wildman–Crippen LogP) is 1.80. The van der Waals surface area contributed by atoms with Gasteiger partial charge in [0.2, 0.25) is 0 Å². The first kappa shape index (κ1) is 10.9. The lowest BCUT2D eigenvalue weighted by Crippen LogP contribution is -2.66. The molecule has 1 saturated heterocycles. The fourth-order valence-corrected chi connectivity index (χ4v) is 3.19. The van der Waals surface area contributed by atoms with Crippen LogP contribution in [0.1, 0.15) is 12.8 Å². The Bertz CT molecular complexity index is 396. The highest BCUT2D eigenvalue weighted by Crippen LogP contribution is 2.50. The Morgan fingerprint density at radius 2 is 1.76 bits per heavy atom. The smallest absolute Gasteiger partial charge is 0.0368 e. The van der Waals surface area contributed by atoms with Crippen LogP contribution < -0.4 is 10.6 Å².